The van der Waals surface area contributed by atoms with Crippen molar-refractivity contribution in [3.05, 3.63) is 150 Å². The molecule has 1 aliphatic carbocycles. The summed E-state index contributed by atoms with van der Waals surface area (Å²) in [6, 6.07) is 32.8. The quantitative estimate of drug-likeness (QED) is 0.113. The number of carbonyl (C=O) groups excluding carboxylic acids is 1. The number of aromatic nitrogens is 3. The summed E-state index contributed by atoms with van der Waals surface area (Å²) in [7, 11) is 0. The van der Waals surface area contributed by atoms with Crippen molar-refractivity contribution in [3.63, 3.8) is 0 Å². The number of rotatable bonds is 8. The molecule has 5 heteroatoms. The zero-order chi connectivity index (χ0) is 28.1. The number of nitrogens with zero attached hydrogens (tertiary/aromatic N) is 3. The third kappa shape index (κ3) is 5.16. The SMILES string of the molecule is O=C(C=Cc1c(-c2cn(C(c3ccccc3)(c3ccccc3)c3ccccc3)cn2)ccnc1F)C1CCCCC1. The summed E-state index contributed by atoms with van der Waals surface area (Å²) in [5.41, 5.74) is 3.94. The van der Waals surface area contributed by atoms with Gasteiger partial charge >= 0.3 is 0 Å². The van der Waals surface area contributed by atoms with E-state index in [4.69, 9.17) is 4.98 Å². The molecule has 5 aromatic rings. The van der Waals surface area contributed by atoms with E-state index in [0.29, 0.717) is 11.3 Å². The number of pyridine rings is 1. The van der Waals surface area contributed by atoms with Crippen LogP contribution in [0.2, 0.25) is 0 Å². The molecular weight excluding hydrogens is 509 g/mol. The van der Waals surface area contributed by atoms with Crippen LogP contribution in [0.5, 0.6) is 0 Å². The van der Waals surface area contributed by atoms with E-state index in [-0.39, 0.29) is 17.3 Å². The van der Waals surface area contributed by atoms with Gasteiger partial charge in [-0.3, -0.25) is 4.79 Å². The molecule has 0 amide bonds. The van der Waals surface area contributed by atoms with Gasteiger partial charge in [0.1, 0.15) is 5.54 Å². The van der Waals surface area contributed by atoms with Gasteiger partial charge in [-0.15, -0.1) is 0 Å². The summed E-state index contributed by atoms with van der Waals surface area (Å²) in [6.45, 7) is 0. The van der Waals surface area contributed by atoms with Gasteiger partial charge in [-0.05, 0) is 47.8 Å². The van der Waals surface area contributed by atoms with E-state index >= 15 is 4.39 Å². The molecule has 2 heterocycles. The van der Waals surface area contributed by atoms with Crippen LogP contribution in [-0.4, -0.2) is 20.3 Å². The predicted molar refractivity (Wildman–Crippen MR) is 161 cm³/mol. The molecule has 0 radical (unpaired) electrons. The molecule has 204 valence electrons. The van der Waals surface area contributed by atoms with Crippen LogP contribution < -0.4 is 0 Å². The molecule has 41 heavy (non-hydrogen) atoms. The number of halogens is 1. The average Bonchev–Trinajstić information content (AvgIpc) is 3.53. The number of allylic oxidation sites excluding steroid dienone is 1. The summed E-state index contributed by atoms with van der Waals surface area (Å²) in [6.07, 6.45) is 13.4. The predicted octanol–water partition coefficient (Wildman–Crippen LogP) is 8.09. The Hall–Kier alpha value is -4.64. The minimum atomic E-state index is -0.729. The first-order valence-corrected chi connectivity index (χ1v) is 14.3. The van der Waals surface area contributed by atoms with Gasteiger partial charge < -0.3 is 4.57 Å². The largest absolute Gasteiger partial charge is 0.318 e. The van der Waals surface area contributed by atoms with E-state index < -0.39 is 11.5 Å². The van der Waals surface area contributed by atoms with Crippen molar-refractivity contribution in [3.8, 4) is 11.3 Å². The summed E-state index contributed by atoms with van der Waals surface area (Å²) in [4.78, 5) is 21.6. The van der Waals surface area contributed by atoms with E-state index in [2.05, 4.69) is 45.9 Å². The van der Waals surface area contributed by atoms with E-state index in [1.165, 1.54) is 18.7 Å². The highest BCUT2D eigenvalue weighted by atomic mass is 19.1. The maximum absolute atomic E-state index is 15.2. The number of ketones is 1. The fraction of sp³-hybridized carbons (Fsp3) is 0.194. The fourth-order valence-corrected chi connectivity index (χ4v) is 6.15. The van der Waals surface area contributed by atoms with Crippen LogP contribution in [0.4, 0.5) is 4.39 Å². The third-order valence-electron chi connectivity index (χ3n) is 8.18. The lowest BCUT2D eigenvalue weighted by Crippen LogP contribution is -2.36. The van der Waals surface area contributed by atoms with Crippen LogP contribution in [0, 0.1) is 11.9 Å². The lowest BCUT2D eigenvalue weighted by molar-refractivity contribution is -0.119. The van der Waals surface area contributed by atoms with Crippen molar-refractivity contribution < 1.29 is 9.18 Å². The van der Waals surface area contributed by atoms with Gasteiger partial charge in [0.25, 0.3) is 0 Å². The van der Waals surface area contributed by atoms with Crippen LogP contribution in [0.25, 0.3) is 17.3 Å². The van der Waals surface area contributed by atoms with Gasteiger partial charge in [0.05, 0.1) is 12.0 Å². The van der Waals surface area contributed by atoms with E-state index in [1.807, 2.05) is 60.8 Å². The van der Waals surface area contributed by atoms with Crippen molar-refractivity contribution in [1.29, 1.82) is 0 Å². The molecule has 1 aliphatic rings. The molecule has 1 saturated carbocycles. The summed E-state index contributed by atoms with van der Waals surface area (Å²) >= 11 is 0. The van der Waals surface area contributed by atoms with Crippen LogP contribution in [0.15, 0.2) is 122 Å². The Morgan fingerprint density at radius 3 is 1.90 bits per heavy atom. The monoisotopic (exact) mass is 541 g/mol. The fourth-order valence-electron chi connectivity index (χ4n) is 6.15. The molecule has 0 bridgehead atoms. The second kappa shape index (κ2) is 11.8. The summed E-state index contributed by atoms with van der Waals surface area (Å²) in [5.74, 6) is -0.545. The third-order valence-corrected chi connectivity index (χ3v) is 8.18. The maximum Gasteiger partial charge on any atom is 0.220 e. The lowest BCUT2D eigenvalue weighted by Gasteiger charge is -2.37. The molecule has 6 rings (SSSR count). The van der Waals surface area contributed by atoms with E-state index in [1.54, 1.807) is 18.5 Å². The van der Waals surface area contributed by atoms with Gasteiger partial charge in [-0.1, -0.05) is 110 Å². The highest BCUT2D eigenvalue weighted by molar-refractivity contribution is 5.96. The Kier molecular flexibility index (Phi) is 7.68. The molecule has 0 aliphatic heterocycles. The molecular formula is C36H32FN3O. The van der Waals surface area contributed by atoms with E-state index in [9.17, 15) is 4.79 Å². The highest BCUT2D eigenvalue weighted by Gasteiger charge is 2.38. The van der Waals surface area contributed by atoms with Crippen molar-refractivity contribution in [1.82, 2.24) is 14.5 Å². The standard InChI is InChI=1S/C36H32FN3O/c37-35-32(21-22-34(41)27-13-5-1-6-14-27)31(23-24-38-35)33-25-40(26-39-33)36(28-15-7-2-8-16-28,29-17-9-3-10-18-29)30-19-11-4-12-20-30/h2-4,7-12,15-27H,1,5-6,13-14H2. The van der Waals surface area contributed by atoms with Crippen molar-refractivity contribution in [2.45, 2.75) is 37.6 Å². The smallest absolute Gasteiger partial charge is 0.220 e. The van der Waals surface area contributed by atoms with Gasteiger partial charge in [-0.2, -0.15) is 4.39 Å². The molecule has 4 nitrogen and oxygen atoms in total. The molecule has 0 N–H and O–H groups in total. The molecule has 3 aromatic carbocycles. The number of imidazole rings is 1. The van der Waals surface area contributed by atoms with E-state index in [0.717, 1.165) is 42.4 Å². The number of hydrogen-bond acceptors (Lipinski definition) is 3. The lowest BCUT2D eigenvalue weighted by atomic mass is 9.77. The molecule has 1 fully saturated rings. The average molecular weight is 542 g/mol. The first kappa shape index (κ1) is 26.6. The Morgan fingerprint density at radius 2 is 1.34 bits per heavy atom. The van der Waals surface area contributed by atoms with Crippen molar-refractivity contribution >= 4 is 11.9 Å². The minimum Gasteiger partial charge on any atom is -0.318 e. The molecule has 0 atom stereocenters. The zero-order valence-corrected chi connectivity index (χ0v) is 22.9. The maximum atomic E-state index is 15.2. The number of hydrogen-bond donors (Lipinski definition) is 0. The van der Waals surface area contributed by atoms with Crippen molar-refractivity contribution in [2.24, 2.45) is 5.92 Å². The normalized spacial score (nSPS) is 14.4. The molecule has 0 saturated heterocycles. The Labute approximate surface area is 240 Å². The topological polar surface area (TPSA) is 47.8 Å². The second-order valence-electron chi connectivity index (χ2n) is 10.6. The Bertz CT molecular complexity index is 1540. The van der Waals surface area contributed by atoms with Gasteiger partial charge in [-0.25, -0.2) is 9.97 Å². The van der Waals surface area contributed by atoms with Gasteiger partial charge in [0.2, 0.25) is 5.95 Å². The Balaban J connectivity index is 1.48. The highest BCUT2D eigenvalue weighted by Crippen LogP contribution is 2.41. The number of carbonyl (C=O) groups is 1. The number of benzene rings is 3. The first-order chi connectivity index (χ1) is 20.2. The van der Waals surface area contributed by atoms with Crippen molar-refractivity contribution in [2.75, 3.05) is 0 Å². The molecule has 2 aromatic heterocycles. The minimum absolute atomic E-state index is 0.0191. The summed E-state index contributed by atoms with van der Waals surface area (Å²) in [5, 5.41) is 0. The van der Waals surface area contributed by atoms with Crippen LogP contribution in [0.1, 0.15) is 54.4 Å². The van der Waals surface area contributed by atoms with Crippen LogP contribution in [-0.2, 0) is 10.3 Å². The van der Waals surface area contributed by atoms with Crippen LogP contribution in [0.3, 0.4) is 0 Å². The Morgan fingerprint density at radius 1 is 0.780 bits per heavy atom. The zero-order valence-electron chi connectivity index (χ0n) is 22.9. The first-order valence-electron chi connectivity index (χ1n) is 14.3. The molecule has 0 spiro atoms. The van der Waals surface area contributed by atoms with Crippen LogP contribution >= 0.6 is 0 Å². The van der Waals surface area contributed by atoms with Gasteiger partial charge in [0, 0.05) is 29.4 Å². The van der Waals surface area contributed by atoms with Gasteiger partial charge in [0.15, 0.2) is 5.78 Å². The second-order valence-corrected chi connectivity index (χ2v) is 10.6. The molecule has 0 unspecified atom stereocenters. The summed E-state index contributed by atoms with van der Waals surface area (Å²) < 4.78 is 17.3.